The van der Waals surface area contributed by atoms with Crippen LogP contribution < -0.4 is 10.6 Å². The van der Waals surface area contributed by atoms with Gasteiger partial charge in [-0.15, -0.1) is 0 Å². The molecule has 180 valence electrons. The zero-order valence-electron chi connectivity index (χ0n) is 19.3. The first-order chi connectivity index (χ1) is 16.0. The van der Waals surface area contributed by atoms with Gasteiger partial charge in [0.15, 0.2) is 0 Å². The van der Waals surface area contributed by atoms with Crippen molar-refractivity contribution >= 4 is 35.0 Å². The van der Waals surface area contributed by atoms with Crippen molar-refractivity contribution in [1.82, 2.24) is 14.7 Å². The van der Waals surface area contributed by atoms with Crippen LogP contribution in [0.5, 0.6) is 0 Å². The maximum atomic E-state index is 13.9. The maximum absolute atomic E-state index is 13.9. The highest BCUT2D eigenvalue weighted by Crippen LogP contribution is 2.27. The molecule has 3 amide bonds. The van der Waals surface area contributed by atoms with Crippen molar-refractivity contribution in [3.8, 4) is 5.69 Å². The largest absolute Gasteiger partial charge is 0.322 e. The predicted octanol–water partition coefficient (Wildman–Crippen LogP) is 5.59. The molecule has 0 saturated carbocycles. The molecule has 3 rings (SSSR count). The number of likely N-dealkylation sites (N-methyl/N-ethyl adjacent to an activating group) is 1. The molecule has 0 bridgehead atoms. The molecular weight excluding hydrogens is 464 g/mol. The molecule has 0 aliphatic rings. The minimum Gasteiger partial charge on any atom is -0.315 e. The number of amides is 3. The van der Waals surface area contributed by atoms with Crippen LogP contribution in [0.25, 0.3) is 5.69 Å². The molecule has 0 saturated heterocycles. The van der Waals surface area contributed by atoms with Gasteiger partial charge in [0, 0.05) is 29.1 Å². The van der Waals surface area contributed by atoms with Crippen LogP contribution in [0, 0.1) is 11.6 Å². The van der Waals surface area contributed by atoms with Gasteiger partial charge >= 0.3 is 6.03 Å². The summed E-state index contributed by atoms with van der Waals surface area (Å²) in [6.07, 6.45) is 0. The molecule has 0 spiro atoms. The lowest BCUT2D eigenvalue weighted by Crippen LogP contribution is -2.40. The average molecular weight is 490 g/mol. The van der Waals surface area contributed by atoms with Crippen LogP contribution in [0.3, 0.4) is 0 Å². The lowest BCUT2D eigenvalue weighted by molar-refractivity contribution is -0.116. The third kappa shape index (κ3) is 6.11. The predicted molar refractivity (Wildman–Crippen MR) is 129 cm³/mol. The number of anilines is 2. The number of hydrogen-bond acceptors (Lipinski definition) is 3. The number of nitrogens with one attached hydrogen (secondary N) is 2. The molecule has 0 unspecified atom stereocenters. The van der Waals surface area contributed by atoms with Gasteiger partial charge in [0.2, 0.25) is 5.91 Å². The van der Waals surface area contributed by atoms with Gasteiger partial charge < -0.3 is 15.5 Å². The molecule has 2 aromatic carbocycles. The highest BCUT2D eigenvalue weighted by atomic mass is 35.5. The van der Waals surface area contributed by atoms with Crippen LogP contribution in [0.2, 0.25) is 5.02 Å². The summed E-state index contributed by atoms with van der Waals surface area (Å²) < 4.78 is 28.6. The summed E-state index contributed by atoms with van der Waals surface area (Å²) in [5, 5.41) is 10.4. The average Bonchev–Trinajstić information content (AvgIpc) is 3.18. The number of nitrogens with zero attached hydrogens (tertiary/aromatic N) is 3. The van der Waals surface area contributed by atoms with E-state index in [1.54, 1.807) is 41.9 Å². The van der Waals surface area contributed by atoms with Gasteiger partial charge in [-0.1, -0.05) is 32.4 Å². The summed E-state index contributed by atoms with van der Waals surface area (Å²) in [4.78, 5) is 26.6. The highest BCUT2D eigenvalue weighted by molar-refractivity contribution is 6.30. The van der Waals surface area contributed by atoms with Crippen molar-refractivity contribution in [1.29, 1.82) is 0 Å². The van der Waals surface area contributed by atoms with Crippen molar-refractivity contribution in [2.45, 2.75) is 33.1 Å². The topological polar surface area (TPSA) is 79.3 Å². The number of carbonyl (C=O) groups is 2. The summed E-state index contributed by atoms with van der Waals surface area (Å²) in [6, 6.07) is 10.9. The summed E-state index contributed by atoms with van der Waals surface area (Å²) in [6.45, 7) is 7.59. The summed E-state index contributed by atoms with van der Waals surface area (Å²) >= 11 is 5.99. The van der Waals surface area contributed by atoms with Gasteiger partial charge in [0.05, 0.1) is 17.1 Å². The Bertz CT molecular complexity index is 1190. The van der Waals surface area contributed by atoms with E-state index < -0.39 is 23.6 Å². The van der Waals surface area contributed by atoms with Crippen molar-refractivity contribution in [2.75, 3.05) is 23.7 Å². The molecule has 34 heavy (non-hydrogen) atoms. The van der Waals surface area contributed by atoms with Gasteiger partial charge in [0.1, 0.15) is 24.0 Å². The van der Waals surface area contributed by atoms with E-state index in [1.807, 2.05) is 20.8 Å². The summed E-state index contributed by atoms with van der Waals surface area (Å²) in [7, 11) is 0. The Labute approximate surface area is 201 Å². The van der Waals surface area contributed by atoms with E-state index in [0.29, 0.717) is 22.6 Å². The zero-order valence-corrected chi connectivity index (χ0v) is 20.1. The summed E-state index contributed by atoms with van der Waals surface area (Å²) in [5.41, 5.74) is 1.01. The van der Waals surface area contributed by atoms with E-state index in [1.165, 1.54) is 4.90 Å². The molecular formula is C24H26ClF2N5O2. The minimum atomic E-state index is -0.907. The fraction of sp³-hybridized carbons (Fsp3) is 0.292. The van der Waals surface area contributed by atoms with Crippen molar-refractivity contribution in [2.24, 2.45) is 0 Å². The second kappa shape index (κ2) is 10.2. The van der Waals surface area contributed by atoms with Gasteiger partial charge in [-0.25, -0.2) is 18.3 Å². The monoisotopic (exact) mass is 489 g/mol. The third-order valence-corrected chi connectivity index (χ3v) is 5.24. The quantitative estimate of drug-likeness (QED) is 0.473. The van der Waals surface area contributed by atoms with E-state index in [4.69, 9.17) is 11.6 Å². The second-order valence-corrected chi connectivity index (χ2v) is 9.11. The maximum Gasteiger partial charge on any atom is 0.322 e. The van der Waals surface area contributed by atoms with Crippen molar-refractivity contribution in [3.05, 3.63) is 70.9 Å². The molecule has 0 aliphatic heterocycles. The number of halogens is 3. The number of urea groups is 1. The third-order valence-electron chi connectivity index (χ3n) is 4.99. The molecule has 3 aromatic rings. The molecule has 2 N–H and O–H groups in total. The van der Waals surface area contributed by atoms with Crippen molar-refractivity contribution in [3.63, 3.8) is 0 Å². The number of benzene rings is 2. The van der Waals surface area contributed by atoms with Gasteiger partial charge in [-0.05, 0) is 43.3 Å². The molecule has 0 atom stereocenters. The van der Waals surface area contributed by atoms with E-state index in [2.05, 4.69) is 15.7 Å². The Morgan fingerprint density at radius 1 is 1.06 bits per heavy atom. The molecule has 1 heterocycles. The summed E-state index contributed by atoms with van der Waals surface area (Å²) in [5.74, 6) is -1.70. The van der Waals surface area contributed by atoms with Crippen LogP contribution in [-0.4, -0.2) is 39.7 Å². The first-order valence-corrected chi connectivity index (χ1v) is 11.0. The molecule has 1 aromatic heterocycles. The first kappa shape index (κ1) is 25.2. The molecule has 0 radical (unpaired) electrons. The van der Waals surface area contributed by atoms with E-state index in [0.717, 1.165) is 17.8 Å². The second-order valence-electron chi connectivity index (χ2n) is 8.67. The van der Waals surface area contributed by atoms with Crippen LogP contribution >= 0.6 is 11.6 Å². The normalized spacial score (nSPS) is 11.3. The molecule has 10 heteroatoms. The number of hydrogen-bond donors (Lipinski definition) is 2. The molecule has 7 nitrogen and oxygen atoms in total. The lowest BCUT2D eigenvalue weighted by atomic mass is 9.92. The van der Waals surface area contributed by atoms with Gasteiger partial charge in [0.25, 0.3) is 0 Å². The van der Waals surface area contributed by atoms with E-state index in [-0.39, 0.29) is 24.2 Å². The van der Waals surface area contributed by atoms with Crippen molar-refractivity contribution < 1.29 is 18.4 Å². The molecule has 0 aliphatic carbocycles. The van der Waals surface area contributed by atoms with Crippen LogP contribution in [0.15, 0.2) is 48.5 Å². The Kier molecular flexibility index (Phi) is 7.56. The van der Waals surface area contributed by atoms with Crippen LogP contribution in [0.1, 0.15) is 33.4 Å². The number of aromatic nitrogens is 2. The highest BCUT2D eigenvalue weighted by Gasteiger charge is 2.23. The molecule has 0 fully saturated rings. The Hall–Kier alpha value is -3.46. The zero-order chi connectivity index (χ0) is 25.0. The lowest BCUT2D eigenvalue weighted by Gasteiger charge is -2.21. The Morgan fingerprint density at radius 2 is 1.74 bits per heavy atom. The van der Waals surface area contributed by atoms with E-state index >= 15 is 0 Å². The number of rotatable bonds is 6. The van der Waals surface area contributed by atoms with E-state index in [9.17, 15) is 18.4 Å². The Morgan fingerprint density at radius 3 is 2.32 bits per heavy atom. The van der Waals surface area contributed by atoms with Crippen LogP contribution in [-0.2, 0) is 10.2 Å². The minimum absolute atomic E-state index is 0.180. The fourth-order valence-electron chi connectivity index (χ4n) is 3.08. The standard InChI is InChI=1S/C24H26ClF2N5O2/c1-5-31(23(34)28-19-11-8-16(26)12-18(19)27)14-22(33)29-21-13-20(24(2,3)4)30-32(21)17-9-6-15(25)7-10-17/h6-13H,5,14H2,1-4H3,(H,28,34)(H,29,33). The van der Waals surface area contributed by atoms with Gasteiger partial charge in [-0.3, -0.25) is 4.79 Å². The Balaban J connectivity index is 1.77. The first-order valence-electron chi connectivity index (χ1n) is 10.6. The SMILES string of the molecule is CCN(CC(=O)Nc1cc(C(C)(C)C)nn1-c1ccc(Cl)cc1)C(=O)Nc1ccc(F)cc1F. The van der Waals surface area contributed by atoms with Gasteiger partial charge in [-0.2, -0.15) is 5.10 Å². The van der Waals surface area contributed by atoms with Crippen LogP contribution in [0.4, 0.5) is 25.1 Å². The fourth-order valence-corrected chi connectivity index (χ4v) is 3.21. The smallest absolute Gasteiger partial charge is 0.315 e. The number of carbonyl (C=O) groups excluding carboxylic acids is 2.